The molecule has 0 fully saturated rings. The molecule has 0 nitrogen and oxygen atoms in total. The van der Waals surface area contributed by atoms with E-state index in [1.54, 1.807) is 0 Å². The molecule has 0 atom stereocenters. The fourth-order valence-corrected chi connectivity index (χ4v) is 0. The van der Waals surface area contributed by atoms with Gasteiger partial charge in [-0.25, -0.2) is 4.39 Å². The summed E-state index contributed by atoms with van der Waals surface area (Å²) in [6, 6.07) is 0. The average Bonchev–Trinajstić information content (AvgIpc) is 2.06. The molecule has 70 valence electrons. The third-order valence-electron chi connectivity index (χ3n) is 0.143. The number of alkyl halides is 4. The van der Waals surface area contributed by atoms with Crippen LogP contribution in [0.15, 0.2) is 12.9 Å². The Morgan fingerprint density at radius 3 is 1.27 bits per heavy atom. The van der Waals surface area contributed by atoms with Gasteiger partial charge in [-0.2, -0.15) is 0 Å². The molecule has 0 aromatic heterocycles. The molecule has 0 unspecified atom stereocenters. The van der Waals surface area contributed by atoms with Crippen LogP contribution < -0.4 is 0 Å². The predicted molar refractivity (Wildman–Crippen MR) is 58.7 cm³/mol. The first-order valence-electron chi connectivity index (χ1n) is 2.70. The van der Waals surface area contributed by atoms with E-state index in [4.69, 9.17) is 0 Å². The van der Waals surface area contributed by atoms with Crippen LogP contribution in [-0.2, 0) is 0 Å². The maximum atomic E-state index is 10.7. The average molecular weight is 359 g/mol. The molecular weight excluding hydrogens is 348 g/mol. The summed E-state index contributed by atoms with van der Waals surface area (Å²) in [5.74, 6) is 0. The monoisotopic (exact) mass is 356 g/mol. The van der Waals surface area contributed by atoms with E-state index in [1.165, 1.54) is 0 Å². The maximum absolute atomic E-state index is 10.7. The molecule has 0 aliphatic carbocycles. The van der Waals surface area contributed by atoms with Crippen LogP contribution in [0.1, 0.15) is 0 Å². The second kappa shape index (κ2) is 30.5. The molecule has 0 aromatic rings. The number of rotatable bonds is 2. The Kier molecular flexibility index (Phi) is 49.8. The van der Waals surface area contributed by atoms with Crippen molar-refractivity contribution in [1.82, 2.24) is 0 Å². The smallest absolute Gasteiger partial charge is 0.0991 e. The van der Waals surface area contributed by atoms with E-state index in [-0.39, 0.29) is 13.0 Å². The fourth-order valence-electron chi connectivity index (χ4n) is 0. The van der Waals surface area contributed by atoms with Crippen LogP contribution in [0, 0.1) is 0 Å². The summed E-state index contributed by atoms with van der Waals surface area (Å²) in [6.07, 6.45) is 0.250. The van der Waals surface area contributed by atoms with Crippen molar-refractivity contribution in [3.05, 3.63) is 12.9 Å². The number of halogens is 5. The van der Waals surface area contributed by atoms with Crippen molar-refractivity contribution >= 4 is 47.8 Å². The van der Waals surface area contributed by atoms with E-state index in [1.807, 2.05) is 0 Å². The highest BCUT2D eigenvalue weighted by atomic mass is 79.9. The minimum Gasteiger partial charge on any atom is -0.250 e. The van der Waals surface area contributed by atoms with Crippen molar-refractivity contribution < 1.29 is 8.78 Å². The molecule has 0 aliphatic rings. The zero-order chi connectivity index (χ0) is 9.54. The number of hydrogen-bond donors (Lipinski definition) is 0. The van der Waals surface area contributed by atoms with Gasteiger partial charge in [0, 0.05) is 16.0 Å². The van der Waals surface area contributed by atoms with Gasteiger partial charge in [-0.1, -0.05) is 54.4 Å². The van der Waals surface area contributed by atoms with Crippen LogP contribution in [0.4, 0.5) is 8.78 Å². The number of hydrogen-bond acceptors (Lipinski definition) is 0. The predicted octanol–water partition coefficient (Wildman–Crippen LogP) is 4.23. The molecule has 0 amide bonds. The quantitative estimate of drug-likeness (QED) is 0.648. The van der Waals surface area contributed by atoms with Crippen molar-refractivity contribution in [2.45, 2.75) is 0 Å². The largest absolute Gasteiger partial charge is 0.250 e. The van der Waals surface area contributed by atoms with E-state index in [2.05, 4.69) is 54.4 Å². The molecule has 11 heavy (non-hydrogen) atoms. The summed E-state index contributed by atoms with van der Waals surface area (Å²) in [5, 5.41) is 2.56. The Morgan fingerprint density at radius 1 is 1.09 bits per heavy atom. The van der Waals surface area contributed by atoms with E-state index < -0.39 is 0 Å². The molecule has 0 radical (unpaired) electrons. The van der Waals surface area contributed by atoms with Gasteiger partial charge in [0.2, 0.25) is 0 Å². The normalized spacial score (nSPS) is 6.64. The lowest BCUT2D eigenvalue weighted by atomic mass is 10.9. The van der Waals surface area contributed by atoms with E-state index in [0.29, 0.717) is 5.33 Å². The fraction of sp³-hybridized carbons (Fsp3) is 0.667. The first-order chi connectivity index (χ1) is 5.24. The second-order valence-electron chi connectivity index (χ2n) is 0.910. The molecule has 0 bridgehead atoms. The van der Waals surface area contributed by atoms with E-state index in [0.717, 1.165) is 10.7 Å². The van der Waals surface area contributed by atoms with Crippen LogP contribution in [0.3, 0.4) is 0 Å². The molecular formula is C6H11Br3F2. The molecule has 0 saturated carbocycles. The summed E-state index contributed by atoms with van der Waals surface area (Å²) in [6.45, 7) is 2.43. The summed E-state index contributed by atoms with van der Waals surface area (Å²) in [7, 11) is 0. The lowest BCUT2D eigenvalue weighted by Gasteiger charge is -1.63. The Bertz CT molecular complexity index is 45.1. The van der Waals surface area contributed by atoms with Gasteiger partial charge in [0.15, 0.2) is 0 Å². The topological polar surface area (TPSA) is 0 Å². The van der Waals surface area contributed by atoms with Gasteiger partial charge in [0.25, 0.3) is 0 Å². The van der Waals surface area contributed by atoms with Gasteiger partial charge in [-0.05, 0) is 0 Å². The zero-order valence-corrected chi connectivity index (χ0v) is 10.8. The van der Waals surface area contributed by atoms with Gasteiger partial charge in [-0.15, -0.1) is 0 Å². The minimum atomic E-state index is -0.264. The standard InChI is InChI=1S/C2H4Br2.C2H4BrF.C2H3F/c2*3-1-2-4;1-2-3/h2*1-2H2;2H,1H2/i;4-1;3-1. The van der Waals surface area contributed by atoms with Crippen molar-refractivity contribution in [1.29, 1.82) is 0 Å². The zero-order valence-electron chi connectivity index (χ0n) is 6.00. The van der Waals surface area contributed by atoms with Crippen molar-refractivity contribution in [2.75, 3.05) is 22.7 Å². The Balaban J connectivity index is -0.0000000886. The van der Waals surface area contributed by atoms with Crippen LogP contribution in [-0.4, -0.2) is 22.7 Å². The van der Waals surface area contributed by atoms with Gasteiger partial charge < -0.3 is 0 Å². The highest BCUT2D eigenvalue weighted by Crippen LogP contribution is 1.82. The molecule has 0 heterocycles. The van der Waals surface area contributed by atoms with Crippen LogP contribution in [0.5, 0.6) is 0 Å². The Hall–Kier alpha value is 1.04. The summed E-state index contributed by atoms with van der Waals surface area (Å²) < 4.78 is 20.7. The molecule has 0 rings (SSSR count). The molecule has 0 aliphatic heterocycles. The van der Waals surface area contributed by atoms with Crippen molar-refractivity contribution in [3.63, 3.8) is 0 Å². The van der Waals surface area contributed by atoms with Gasteiger partial charge in [-0.3, -0.25) is 4.39 Å². The first kappa shape index (κ1) is 18.0. The van der Waals surface area contributed by atoms with Crippen LogP contribution in [0.25, 0.3) is 0 Å². The lowest BCUT2D eigenvalue weighted by Crippen LogP contribution is -1.65. The summed E-state index contributed by atoms with van der Waals surface area (Å²) >= 11 is 9.28. The SMILES string of the molecule is BrCCBr.C=C[18F].[18F]CCBr. The molecule has 5 heteroatoms. The maximum Gasteiger partial charge on any atom is 0.0991 e. The molecule has 0 saturated heterocycles. The van der Waals surface area contributed by atoms with Crippen molar-refractivity contribution in [2.24, 2.45) is 0 Å². The third-order valence-corrected chi connectivity index (χ3v) is 2.30. The molecule has 0 spiro atoms. The van der Waals surface area contributed by atoms with Crippen molar-refractivity contribution in [3.8, 4) is 0 Å². The van der Waals surface area contributed by atoms with Gasteiger partial charge >= 0.3 is 0 Å². The second-order valence-corrected chi connectivity index (χ2v) is 3.29. The Morgan fingerprint density at radius 2 is 1.27 bits per heavy atom. The van der Waals surface area contributed by atoms with E-state index >= 15 is 0 Å². The van der Waals surface area contributed by atoms with E-state index in [9.17, 15) is 8.78 Å². The first-order valence-corrected chi connectivity index (χ1v) is 6.06. The molecule has 0 N–H and O–H groups in total. The minimum absolute atomic E-state index is 0.250. The van der Waals surface area contributed by atoms with Crippen LogP contribution >= 0.6 is 47.8 Å². The summed E-state index contributed by atoms with van der Waals surface area (Å²) in [5.41, 5.74) is 0. The third kappa shape index (κ3) is 97.6. The Labute approximate surface area is 91.8 Å². The summed E-state index contributed by atoms with van der Waals surface area (Å²) in [4.78, 5) is 0. The van der Waals surface area contributed by atoms with Gasteiger partial charge in [0.05, 0.1) is 13.0 Å². The highest BCUT2D eigenvalue weighted by Gasteiger charge is 1.63. The molecule has 0 aromatic carbocycles. The highest BCUT2D eigenvalue weighted by molar-refractivity contribution is 9.12. The van der Waals surface area contributed by atoms with Gasteiger partial charge in [0.1, 0.15) is 0 Å². The van der Waals surface area contributed by atoms with Crippen LogP contribution in [0.2, 0.25) is 0 Å². The lowest BCUT2D eigenvalue weighted by molar-refractivity contribution is 0.535.